The van der Waals surface area contributed by atoms with Crippen molar-refractivity contribution in [1.29, 1.82) is 0 Å². The Kier molecular flexibility index (Phi) is 8.39. The van der Waals surface area contributed by atoms with E-state index in [1.54, 1.807) is 4.90 Å². The molecule has 3 amide bonds. The molecule has 10 heteroatoms. The largest absolute Gasteiger partial charge is 0.383 e. The van der Waals surface area contributed by atoms with Crippen LogP contribution in [0.25, 0.3) is 11.1 Å². The number of rotatable bonds is 7. The Bertz CT molecular complexity index is 1570. The summed E-state index contributed by atoms with van der Waals surface area (Å²) in [6.07, 6.45) is 3.61. The van der Waals surface area contributed by atoms with Crippen LogP contribution in [-0.4, -0.2) is 70.3 Å². The summed E-state index contributed by atoms with van der Waals surface area (Å²) in [5.74, 6) is -0.192. The summed E-state index contributed by atoms with van der Waals surface area (Å²) in [4.78, 5) is 56.7. The SMILES string of the molecule is COCCn1c(=O)c(-c2cccc(C)c2C)cn(CC(=O)N2CCC(N3CCc4ccccc4NC3=O)CC2)c1=O. The number of piperidine rings is 1. The minimum Gasteiger partial charge on any atom is -0.383 e. The normalized spacial score (nSPS) is 15.8. The van der Waals surface area contributed by atoms with Gasteiger partial charge in [-0.3, -0.25) is 18.7 Å². The van der Waals surface area contributed by atoms with Crippen molar-refractivity contribution in [3.8, 4) is 11.1 Å². The zero-order valence-electron chi connectivity index (χ0n) is 23.9. The molecule has 3 heterocycles. The molecule has 1 saturated heterocycles. The number of likely N-dealkylation sites (tertiary alicyclic amines) is 1. The number of carbonyl (C=O) groups excluding carboxylic acids is 2. The van der Waals surface area contributed by atoms with Gasteiger partial charge in [0.05, 0.1) is 18.7 Å². The molecule has 41 heavy (non-hydrogen) atoms. The lowest BCUT2D eigenvalue weighted by Gasteiger charge is -2.38. The monoisotopic (exact) mass is 559 g/mol. The van der Waals surface area contributed by atoms with Crippen LogP contribution in [0.2, 0.25) is 0 Å². The number of hydrogen-bond donors (Lipinski definition) is 1. The van der Waals surface area contributed by atoms with Crippen molar-refractivity contribution in [1.82, 2.24) is 18.9 Å². The Hall–Kier alpha value is -4.18. The quantitative estimate of drug-likeness (QED) is 0.479. The van der Waals surface area contributed by atoms with Crippen LogP contribution in [0.3, 0.4) is 0 Å². The van der Waals surface area contributed by atoms with Crippen molar-refractivity contribution in [2.45, 2.75) is 52.2 Å². The molecular formula is C31H37N5O5. The number of hydrogen-bond acceptors (Lipinski definition) is 5. The van der Waals surface area contributed by atoms with E-state index in [0.717, 1.165) is 38.9 Å². The van der Waals surface area contributed by atoms with Gasteiger partial charge in [0.2, 0.25) is 5.91 Å². The standard InChI is InChI=1S/C31H37N5O5/c1-21-7-6-9-25(22(21)2)26-19-34(31(40)36(29(26)38)17-18-41-3)20-28(37)33-14-12-24(13-15-33)35-16-11-23-8-4-5-10-27(23)32-30(35)39/h4-10,19,24H,11-18,20H2,1-3H3,(H,32,39). The van der Waals surface area contributed by atoms with Crippen molar-refractivity contribution >= 4 is 17.6 Å². The van der Waals surface area contributed by atoms with Crippen LogP contribution in [0.1, 0.15) is 29.5 Å². The second kappa shape index (κ2) is 12.1. The van der Waals surface area contributed by atoms with Gasteiger partial charge in [-0.15, -0.1) is 0 Å². The number of ether oxygens (including phenoxy) is 1. The molecule has 2 aliphatic rings. The van der Waals surface area contributed by atoms with Crippen LogP contribution >= 0.6 is 0 Å². The summed E-state index contributed by atoms with van der Waals surface area (Å²) >= 11 is 0. The fourth-order valence-corrected chi connectivity index (χ4v) is 5.79. The van der Waals surface area contributed by atoms with E-state index in [1.165, 1.54) is 17.9 Å². The summed E-state index contributed by atoms with van der Waals surface area (Å²) in [6.45, 7) is 5.63. The van der Waals surface area contributed by atoms with E-state index in [9.17, 15) is 19.2 Å². The second-order valence-electron chi connectivity index (χ2n) is 10.8. The smallest absolute Gasteiger partial charge is 0.331 e. The highest BCUT2D eigenvalue weighted by atomic mass is 16.5. The van der Waals surface area contributed by atoms with Crippen LogP contribution in [0.15, 0.2) is 58.3 Å². The van der Waals surface area contributed by atoms with E-state index in [0.29, 0.717) is 38.0 Å². The van der Waals surface area contributed by atoms with Crippen LogP contribution < -0.4 is 16.6 Å². The molecule has 0 radical (unpaired) electrons. The third kappa shape index (κ3) is 5.83. The Labute approximate surface area is 239 Å². The third-order valence-corrected chi connectivity index (χ3v) is 8.36. The zero-order valence-corrected chi connectivity index (χ0v) is 23.9. The Balaban J connectivity index is 1.32. The number of amides is 3. The maximum Gasteiger partial charge on any atom is 0.331 e. The first-order valence-corrected chi connectivity index (χ1v) is 14.1. The van der Waals surface area contributed by atoms with E-state index in [4.69, 9.17) is 4.74 Å². The van der Waals surface area contributed by atoms with E-state index in [-0.39, 0.29) is 37.7 Å². The number of fused-ring (bicyclic) bond motifs is 1. The molecule has 0 aliphatic carbocycles. The first kappa shape index (κ1) is 28.4. The minimum atomic E-state index is -0.537. The molecule has 0 unspecified atom stereocenters. The molecular weight excluding hydrogens is 522 g/mol. The number of aromatic nitrogens is 2. The topological polar surface area (TPSA) is 106 Å². The first-order valence-electron chi connectivity index (χ1n) is 14.1. The van der Waals surface area contributed by atoms with E-state index >= 15 is 0 Å². The molecule has 216 valence electrons. The second-order valence-corrected chi connectivity index (χ2v) is 10.8. The number of methoxy groups -OCH3 is 1. The van der Waals surface area contributed by atoms with Gasteiger partial charge in [0.25, 0.3) is 5.56 Å². The summed E-state index contributed by atoms with van der Waals surface area (Å²) in [5, 5.41) is 3.02. The molecule has 1 aromatic heterocycles. The highest BCUT2D eigenvalue weighted by Gasteiger charge is 2.31. The van der Waals surface area contributed by atoms with Crippen molar-refractivity contribution < 1.29 is 14.3 Å². The number of nitrogens with zero attached hydrogens (tertiary/aromatic N) is 4. The van der Waals surface area contributed by atoms with Crippen molar-refractivity contribution in [3.63, 3.8) is 0 Å². The van der Waals surface area contributed by atoms with Crippen LogP contribution in [0, 0.1) is 13.8 Å². The molecule has 1 N–H and O–H groups in total. The van der Waals surface area contributed by atoms with Gasteiger partial charge in [-0.1, -0.05) is 36.4 Å². The van der Waals surface area contributed by atoms with Gasteiger partial charge < -0.3 is 19.9 Å². The highest BCUT2D eigenvalue weighted by Crippen LogP contribution is 2.25. The van der Waals surface area contributed by atoms with Crippen molar-refractivity contribution in [3.05, 3.63) is 86.2 Å². The highest BCUT2D eigenvalue weighted by molar-refractivity contribution is 5.91. The number of nitrogens with one attached hydrogen (secondary N) is 1. The lowest BCUT2D eigenvalue weighted by Crippen LogP contribution is -2.51. The molecule has 0 spiro atoms. The lowest BCUT2D eigenvalue weighted by molar-refractivity contribution is -0.133. The summed E-state index contributed by atoms with van der Waals surface area (Å²) in [5.41, 5.74) is 4.13. The van der Waals surface area contributed by atoms with Crippen LogP contribution in [-0.2, 0) is 29.0 Å². The van der Waals surface area contributed by atoms with E-state index < -0.39 is 11.2 Å². The molecule has 0 atom stereocenters. The van der Waals surface area contributed by atoms with Gasteiger partial charge in [-0.2, -0.15) is 0 Å². The first-order chi connectivity index (χ1) is 19.8. The number of para-hydroxylation sites is 1. The van der Waals surface area contributed by atoms with Gasteiger partial charge in [-0.25, -0.2) is 9.59 Å². The van der Waals surface area contributed by atoms with Gasteiger partial charge in [0.15, 0.2) is 0 Å². The molecule has 0 saturated carbocycles. The van der Waals surface area contributed by atoms with Crippen molar-refractivity contribution in [2.24, 2.45) is 0 Å². The average Bonchev–Trinajstić information content (AvgIpc) is 3.14. The number of urea groups is 1. The molecule has 2 aliphatic heterocycles. The lowest BCUT2D eigenvalue weighted by atomic mass is 9.99. The van der Waals surface area contributed by atoms with Gasteiger partial charge in [0.1, 0.15) is 6.54 Å². The average molecular weight is 560 g/mol. The fourth-order valence-electron chi connectivity index (χ4n) is 5.79. The Morgan fingerprint density at radius 1 is 0.976 bits per heavy atom. The maximum absolute atomic E-state index is 13.4. The molecule has 0 bridgehead atoms. The Morgan fingerprint density at radius 2 is 1.73 bits per heavy atom. The predicted octanol–water partition coefficient (Wildman–Crippen LogP) is 3.02. The van der Waals surface area contributed by atoms with Crippen LogP contribution in [0.4, 0.5) is 10.5 Å². The number of anilines is 1. The van der Waals surface area contributed by atoms with E-state index in [1.807, 2.05) is 61.2 Å². The number of aryl methyl sites for hydroxylation is 1. The van der Waals surface area contributed by atoms with Gasteiger partial charge in [0, 0.05) is 44.7 Å². The molecule has 2 aromatic carbocycles. The van der Waals surface area contributed by atoms with Crippen LogP contribution in [0.5, 0.6) is 0 Å². The maximum atomic E-state index is 13.4. The summed E-state index contributed by atoms with van der Waals surface area (Å²) in [6, 6.07) is 13.5. The predicted molar refractivity (Wildman–Crippen MR) is 157 cm³/mol. The number of benzene rings is 2. The van der Waals surface area contributed by atoms with Gasteiger partial charge >= 0.3 is 11.7 Å². The summed E-state index contributed by atoms with van der Waals surface area (Å²) < 4.78 is 7.62. The fraction of sp³-hybridized carbons (Fsp3) is 0.419. The summed E-state index contributed by atoms with van der Waals surface area (Å²) in [7, 11) is 1.51. The molecule has 3 aromatic rings. The molecule has 10 nitrogen and oxygen atoms in total. The van der Waals surface area contributed by atoms with Gasteiger partial charge in [-0.05, 0) is 61.4 Å². The minimum absolute atomic E-state index is 0.0305. The molecule has 1 fully saturated rings. The van der Waals surface area contributed by atoms with Crippen molar-refractivity contribution in [2.75, 3.05) is 38.7 Å². The Morgan fingerprint density at radius 3 is 2.49 bits per heavy atom. The van der Waals surface area contributed by atoms with E-state index in [2.05, 4.69) is 5.32 Å². The molecule has 5 rings (SSSR count). The number of carbonyl (C=O) groups is 2. The third-order valence-electron chi connectivity index (χ3n) is 8.36. The zero-order chi connectivity index (χ0) is 29.1.